The predicted octanol–water partition coefficient (Wildman–Crippen LogP) is 2.81. The maximum Gasteiger partial charge on any atom is 0.135 e. The molecule has 0 fully saturated rings. The van der Waals surface area contributed by atoms with E-state index in [0.717, 1.165) is 30.4 Å². The third-order valence-electron chi connectivity index (χ3n) is 2.35. The Hall–Kier alpha value is -0.970. The van der Waals surface area contributed by atoms with Crippen molar-refractivity contribution in [2.24, 2.45) is 0 Å². The molecule has 0 bridgehead atoms. The van der Waals surface area contributed by atoms with Gasteiger partial charge in [0, 0.05) is 25.6 Å². The van der Waals surface area contributed by atoms with E-state index in [4.69, 9.17) is 0 Å². The normalized spacial score (nSPS) is 10.6. The Bertz CT molecular complexity index is 341. The highest BCUT2D eigenvalue weighted by atomic mass is 32.2. The Morgan fingerprint density at radius 1 is 1.29 bits per heavy atom. The van der Waals surface area contributed by atoms with Gasteiger partial charge in [-0.3, -0.25) is 0 Å². The average Bonchev–Trinajstić information content (AvgIpc) is 2.34. The first-order valence-electron chi connectivity index (χ1n) is 5.97. The molecule has 1 heterocycles. The highest BCUT2D eigenvalue weighted by Crippen LogP contribution is 2.16. The van der Waals surface area contributed by atoms with Crippen LogP contribution < -0.4 is 10.6 Å². The van der Waals surface area contributed by atoms with Crippen molar-refractivity contribution in [3.05, 3.63) is 11.9 Å². The van der Waals surface area contributed by atoms with Crippen molar-refractivity contribution in [1.82, 2.24) is 9.97 Å². The summed E-state index contributed by atoms with van der Waals surface area (Å²) in [4.78, 5) is 8.94. The first kappa shape index (κ1) is 14.1. The van der Waals surface area contributed by atoms with Crippen LogP contribution in [-0.2, 0) is 0 Å². The van der Waals surface area contributed by atoms with Crippen LogP contribution in [0.25, 0.3) is 0 Å². The highest BCUT2D eigenvalue weighted by Gasteiger charge is 2.06. The third-order valence-corrected chi connectivity index (χ3v) is 3.04. The molecule has 0 aliphatic rings. The van der Waals surface area contributed by atoms with Gasteiger partial charge < -0.3 is 10.6 Å². The fourth-order valence-electron chi connectivity index (χ4n) is 1.38. The Balaban J connectivity index is 2.66. The Kier molecular flexibility index (Phi) is 6.11. The summed E-state index contributed by atoms with van der Waals surface area (Å²) in [5, 5.41) is 6.41. The summed E-state index contributed by atoms with van der Waals surface area (Å²) in [5.74, 6) is 4.18. The average molecular weight is 254 g/mol. The van der Waals surface area contributed by atoms with E-state index in [9.17, 15) is 0 Å². The van der Waals surface area contributed by atoms with Crippen LogP contribution in [0, 0.1) is 0 Å². The molecule has 0 aliphatic heterocycles. The maximum atomic E-state index is 4.51. The zero-order valence-corrected chi connectivity index (χ0v) is 11.9. The summed E-state index contributed by atoms with van der Waals surface area (Å²) in [7, 11) is 1.88. The SMILES string of the molecule is CNc1cc(NCCCSC)nc(C(C)C)n1. The minimum absolute atomic E-state index is 0.343. The standard InChI is InChI=1S/C12H22N4S/c1-9(2)12-15-10(13-3)8-11(16-12)14-6-5-7-17-4/h8-9H,5-7H2,1-4H3,(H2,13,14,15,16). The molecule has 0 aliphatic carbocycles. The molecule has 0 spiro atoms. The molecule has 0 aromatic carbocycles. The Morgan fingerprint density at radius 3 is 2.59 bits per heavy atom. The molecule has 5 heteroatoms. The molecule has 1 rings (SSSR count). The topological polar surface area (TPSA) is 49.8 Å². The Morgan fingerprint density at radius 2 is 2.00 bits per heavy atom. The molecule has 0 amide bonds. The number of rotatable bonds is 7. The highest BCUT2D eigenvalue weighted by molar-refractivity contribution is 7.98. The molecule has 1 aromatic heterocycles. The molecule has 2 N–H and O–H groups in total. The fourth-order valence-corrected chi connectivity index (χ4v) is 1.81. The van der Waals surface area contributed by atoms with E-state index in [0.29, 0.717) is 5.92 Å². The molecule has 0 radical (unpaired) electrons. The van der Waals surface area contributed by atoms with Crippen molar-refractivity contribution >= 4 is 23.4 Å². The van der Waals surface area contributed by atoms with E-state index in [-0.39, 0.29) is 0 Å². The molecule has 0 saturated carbocycles. The molecule has 17 heavy (non-hydrogen) atoms. The van der Waals surface area contributed by atoms with Crippen LogP contribution in [0.3, 0.4) is 0 Å². The lowest BCUT2D eigenvalue weighted by molar-refractivity contribution is 0.775. The minimum Gasteiger partial charge on any atom is -0.373 e. The largest absolute Gasteiger partial charge is 0.373 e. The van der Waals surface area contributed by atoms with Crippen molar-refractivity contribution in [2.75, 3.05) is 36.2 Å². The second-order valence-electron chi connectivity index (χ2n) is 4.17. The molecule has 96 valence electrons. The second kappa shape index (κ2) is 7.37. The van der Waals surface area contributed by atoms with Crippen molar-refractivity contribution < 1.29 is 0 Å². The lowest BCUT2D eigenvalue weighted by Crippen LogP contribution is -2.09. The first-order valence-corrected chi connectivity index (χ1v) is 7.36. The molecule has 4 nitrogen and oxygen atoms in total. The maximum absolute atomic E-state index is 4.51. The minimum atomic E-state index is 0.343. The van der Waals surface area contributed by atoms with Gasteiger partial charge in [-0.1, -0.05) is 13.8 Å². The van der Waals surface area contributed by atoms with Gasteiger partial charge in [0.2, 0.25) is 0 Å². The monoisotopic (exact) mass is 254 g/mol. The van der Waals surface area contributed by atoms with E-state index in [2.05, 4.69) is 40.7 Å². The van der Waals surface area contributed by atoms with Crippen molar-refractivity contribution in [3.8, 4) is 0 Å². The molecule has 0 saturated heterocycles. The van der Waals surface area contributed by atoms with Crippen LogP contribution in [0.2, 0.25) is 0 Å². The van der Waals surface area contributed by atoms with Crippen molar-refractivity contribution in [3.63, 3.8) is 0 Å². The van der Waals surface area contributed by atoms with Crippen LogP contribution in [0.4, 0.5) is 11.6 Å². The lowest BCUT2D eigenvalue weighted by Gasteiger charge is -2.11. The second-order valence-corrected chi connectivity index (χ2v) is 5.16. The van der Waals surface area contributed by atoms with Gasteiger partial charge in [-0.15, -0.1) is 0 Å². The predicted molar refractivity (Wildman–Crippen MR) is 77.2 cm³/mol. The smallest absolute Gasteiger partial charge is 0.135 e. The quantitative estimate of drug-likeness (QED) is 0.733. The summed E-state index contributed by atoms with van der Waals surface area (Å²) >= 11 is 1.87. The van der Waals surface area contributed by atoms with Crippen LogP contribution in [0.15, 0.2) is 6.07 Å². The van der Waals surface area contributed by atoms with Gasteiger partial charge in [0.15, 0.2) is 0 Å². The number of hydrogen-bond acceptors (Lipinski definition) is 5. The molecular weight excluding hydrogens is 232 g/mol. The zero-order valence-electron chi connectivity index (χ0n) is 11.1. The summed E-state index contributed by atoms with van der Waals surface area (Å²) in [6, 6.07) is 1.95. The Labute approximate surface area is 108 Å². The van der Waals surface area contributed by atoms with Crippen LogP contribution in [0.5, 0.6) is 0 Å². The summed E-state index contributed by atoms with van der Waals surface area (Å²) in [5.41, 5.74) is 0. The van der Waals surface area contributed by atoms with Gasteiger partial charge in [-0.05, 0) is 18.4 Å². The van der Waals surface area contributed by atoms with Gasteiger partial charge in [0.25, 0.3) is 0 Å². The van der Waals surface area contributed by atoms with E-state index >= 15 is 0 Å². The molecule has 0 atom stereocenters. The summed E-state index contributed by atoms with van der Waals surface area (Å²) < 4.78 is 0. The van der Waals surface area contributed by atoms with Gasteiger partial charge >= 0.3 is 0 Å². The van der Waals surface area contributed by atoms with E-state index in [1.807, 2.05) is 24.9 Å². The van der Waals surface area contributed by atoms with Crippen LogP contribution in [0.1, 0.15) is 32.0 Å². The van der Waals surface area contributed by atoms with Gasteiger partial charge in [0.05, 0.1) is 0 Å². The fraction of sp³-hybridized carbons (Fsp3) is 0.667. The number of nitrogens with one attached hydrogen (secondary N) is 2. The van der Waals surface area contributed by atoms with Crippen LogP contribution in [-0.4, -0.2) is 35.6 Å². The van der Waals surface area contributed by atoms with Crippen LogP contribution >= 0.6 is 11.8 Å². The van der Waals surface area contributed by atoms with Crippen molar-refractivity contribution in [1.29, 1.82) is 0 Å². The summed E-state index contributed by atoms with van der Waals surface area (Å²) in [6.45, 7) is 5.16. The molecule has 1 aromatic rings. The number of nitrogens with zero attached hydrogens (tertiary/aromatic N) is 2. The molecule has 0 unspecified atom stereocenters. The van der Waals surface area contributed by atoms with Crippen molar-refractivity contribution in [2.45, 2.75) is 26.2 Å². The zero-order chi connectivity index (χ0) is 12.7. The number of aromatic nitrogens is 2. The third kappa shape index (κ3) is 4.81. The van der Waals surface area contributed by atoms with Gasteiger partial charge in [-0.25, -0.2) is 9.97 Å². The van der Waals surface area contributed by atoms with Gasteiger partial charge in [0.1, 0.15) is 17.5 Å². The van der Waals surface area contributed by atoms with E-state index < -0.39 is 0 Å². The first-order chi connectivity index (χ1) is 8.17. The lowest BCUT2D eigenvalue weighted by atomic mass is 10.2. The van der Waals surface area contributed by atoms with Gasteiger partial charge in [-0.2, -0.15) is 11.8 Å². The number of thioether (sulfide) groups is 1. The van der Waals surface area contributed by atoms with E-state index in [1.54, 1.807) is 0 Å². The number of hydrogen-bond donors (Lipinski definition) is 2. The van der Waals surface area contributed by atoms with E-state index in [1.165, 1.54) is 5.75 Å². The number of anilines is 2. The molecular formula is C12H22N4S. The summed E-state index contributed by atoms with van der Waals surface area (Å²) in [6.07, 6.45) is 3.28.